The Labute approximate surface area is 164 Å². The number of nitrogens with one attached hydrogen (secondary N) is 3. The highest BCUT2D eigenvalue weighted by molar-refractivity contribution is 6.30. The number of hydrogen-bond acceptors (Lipinski definition) is 3. The quantitative estimate of drug-likeness (QED) is 0.633. The van der Waals surface area contributed by atoms with Crippen molar-refractivity contribution in [3.8, 4) is 5.75 Å². The molecule has 2 aromatic carbocycles. The molecule has 0 heterocycles. The second-order valence-corrected chi connectivity index (χ2v) is 6.67. The molecule has 0 radical (unpaired) electrons. The number of anilines is 1. The molecule has 0 saturated carbocycles. The highest BCUT2D eigenvalue weighted by Gasteiger charge is 2.09. The number of aryl methyl sites for hydroxylation is 3. The van der Waals surface area contributed by atoms with Crippen molar-refractivity contribution in [1.82, 2.24) is 10.6 Å². The minimum atomic E-state index is -0.429. The van der Waals surface area contributed by atoms with Crippen molar-refractivity contribution in [2.75, 3.05) is 25.0 Å². The molecule has 7 heteroatoms. The highest BCUT2D eigenvalue weighted by atomic mass is 35.5. The predicted molar refractivity (Wildman–Crippen MR) is 108 cm³/mol. The van der Waals surface area contributed by atoms with Crippen LogP contribution in [0, 0.1) is 20.8 Å². The van der Waals surface area contributed by atoms with Crippen LogP contribution in [0.25, 0.3) is 0 Å². The molecule has 0 bridgehead atoms. The molecule has 0 atom stereocenters. The van der Waals surface area contributed by atoms with Crippen LogP contribution in [0.2, 0.25) is 5.02 Å². The zero-order valence-electron chi connectivity index (χ0n) is 15.7. The maximum absolute atomic E-state index is 12.1. The number of ether oxygens (including phenoxy) is 1. The van der Waals surface area contributed by atoms with Crippen LogP contribution in [-0.2, 0) is 4.79 Å². The van der Waals surface area contributed by atoms with Gasteiger partial charge in [0.05, 0.1) is 13.1 Å². The molecule has 0 aliphatic rings. The van der Waals surface area contributed by atoms with Gasteiger partial charge in [0.2, 0.25) is 5.91 Å². The van der Waals surface area contributed by atoms with E-state index in [1.165, 1.54) is 0 Å². The molecule has 3 amide bonds. The SMILES string of the molecule is Cc1cc(C)c(NC(=O)CNC(=O)NCCOc2ccc(Cl)cc2)c(C)c1. The van der Waals surface area contributed by atoms with Gasteiger partial charge in [-0.3, -0.25) is 4.79 Å². The minimum absolute atomic E-state index is 0.114. The van der Waals surface area contributed by atoms with Gasteiger partial charge in [-0.05, 0) is 56.2 Å². The standard InChI is InChI=1S/C20H24ClN3O3/c1-13-10-14(2)19(15(3)11-13)24-18(25)12-23-20(26)22-8-9-27-17-6-4-16(21)5-7-17/h4-7,10-11H,8-9,12H2,1-3H3,(H,24,25)(H2,22,23,26). The van der Waals surface area contributed by atoms with Crippen LogP contribution < -0.4 is 20.7 Å². The van der Waals surface area contributed by atoms with Crippen molar-refractivity contribution in [3.63, 3.8) is 0 Å². The first-order valence-corrected chi connectivity index (χ1v) is 9.00. The van der Waals surface area contributed by atoms with Gasteiger partial charge in [-0.2, -0.15) is 0 Å². The fourth-order valence-corrected chi connectivity index (χ4v) is 2.77. The maximum atomic E-state index is 12.1. The van der Waals surface area contributed by atoms with Gasteiger partial charge >= 0.3 is 6.03 Å². The summed E-state index contributed by atoms with van der Waals surface area (Å²) in [4.78, 5) is 23.8. The van der Waals surface area contributed by atoms with Crippen molar-refractivity contribution >= 4 is 29.2 Å². The number of urea groups is 1. The molecule has 144 valence electrons. The molecule has 0 aromatic heterocycles. The van der Waals surface area contributed by atoms with Crippen molar-refractivity contribution in [3.05, 3.63) is 58.1 Å². The van der Waals surface area contributed by atoms with Crippen LogP contribution >= 0.6 is 11.6 Å². The molecule has 0 saturated heterocycles. The topological polar surface area (TPSA) is 79.5 Å². The van der Waals surface area contributed by atoms with E-state index in [4.69, 9.17) is 16.3 Å². The largest absolute Gasteiger partial charge is 0.492 e. The summed E-state index contributed by atoms with van der Waals surface area (Å²) < 4.78 is 5.47. The summed E-state index contributed by atoms with van der Waals surface area (Å²) in [7, 11) is 0. The maximum Gasteiger partial charge on any atom is 0.315 e. The summed E-state index contributed by atoms with van der Waals surface area (Å²) in [6.45, 7) is 6.40. The summed E-state index contributed by atoms with van der Waals surface area (Å²) in [6, 6.07) is 10.5. The molecular formula is C20H24ClN3O3. The molecule has 0 unspecified atom stereocenters. The summed E-state index contributed by atoms with van der Waals surface area (Å²) in [5.74, 6) is 0.391. The Bertz CT molecular complexity index is 784. The van der Waals surface area contributed by atoms with Crippen molar-refractivity contribution in [2.45, 2.75) is 20.8 Å². The summed E-state index contributed by atoms with van der Waals surface area (Å²) in [5, 5.41) is 8.63. The van der Waals surface area contributed by atoms with Crippen LogP contribution in [0.15, 0.2) is 36.4 Å². The number of halogens is 1. The fraction of sp³-hybridized carbons (Fsp3) is 0.300. The van der Waals surface area contributed by atoms with Crippen LogP contribution in [-0.4, -0.2) is 31.6 Å². The van der Waals surface area contributed by atoms with Crippen LogP contribution in [0.1, 0.15) is 16.7 Å². The van der Waals surface area contributed by atoms with Gasteiger partial charge in [-0.15, -0.1) is 0 Å². The van der Waals surface area contributed by atoms with Crippen molar-refractivity contribution < 1.29 is 14.3 Å². The third-order valence-electron chi connectivity index (χ3n) is 3.82. The molecule has 2 aromatic rings. The fourth-order valence-electron chi connectivity index (χ4n) is 2.65. The number of benzene rings is 2. The van der Waals surface area contributed by atoms with E-state index in [1.54, 1.807) is 24.3 Å². The Morgan fingerprint density at radius 1 is 1.00 bits per heavy atom. The smallest absolute Gasteiger partial charge is 0.315 e. The summed E-state index contributed by atoms with van der Waals surface area (Å²) in [5.41, 5.74) is 3.90. The molecule has 2 rings (SSSR count). The molecule has 27 heavy (non-hydrogen) atoms. The molecule has 3 N–H and O–H groups in total. The van der Waals surface area contributed by atoms with Crippen LogP contribution in [0.3, 0.4) is 0 Å². The van der Waals surface area contributed by atoms with E-state index in [9.17, 15) is 9.59 Å². The van der Waals surface area contributed by atoms with E-state index in [2.05, 4.69) is 16.0 Å². The summed E-state index contributed by atoms with van der Waals surface area (Å²) >= 11 is 5.80. The van der Waals surface area contributed by atoms with E-state index in [1.807, 2.05) is 32.9 Å². The van der Waals surface area contributed by atoms with Gasteiger partial charge in [0, 0.05) is 10.7 Å². The van der Waals surface area contributed by atoms with Gasteiger partial charge in [0.25, 0.3) is 0 Å². The molecular weight excluding hydrogens is 366 g/mol. The second kappa shape index (κ2) is 9.83. The van der Waals surface area contributed by atoms with Crippen molar-refractivity contribution in [1.29, 1.82) is 0 Å². The van der Waals surface area contributed by atoms with E-state index in [0.29, 0.717) is 23.9 Å². The lowest BCUT2D eigenvalue weighted by molar-refractivity contribution is -0.115. The average Bonchev–Trinajstić information content (AvgIpc) is 2.61. The Hall–Kier alpha value is -2.73. The second-order valence-electron chi connectivity index (χ2n) is 6.23. The van der Waals surface area contributed by atoms with Gasteiger partial charge in [0.15, 0.2) is 0 Å². The van der Waals surface area contributed by atoms with E-state index in [-0.39, 0.29) is 12.5 Å². The molecule has 0 spiro atoms. The van der Waals surface area contributed by atoms with Gasteiger partial charge in [-0.1, -0.05) is 29.3 Å². The summed E-state index contributed by atoms with van der Waals surface area (Å²) in [6.07, 6.45) is 0. The predicted octanol–water partition coefficient (Wildman–Crippen LogP) is 3.58. The first-order valence-electron chi connectivity index (χ1n) is 8.63. The molecule has 6 nitrogen and oxygen atoms in total. The normalized spacial score (nSPS) is 10.2. The number of rotatable bonds is 7. The first kappa shape index (κ1) is 20.6. The molecule has 0 aliphatic carbocycles. The Kier molecular flexibility index (Phi) is 7.49. The van der Waals surface area contributed by atoms with Crippen molar-refractivity contribution in [2.24, 2.45) is 0 Å². The van der Waals surface area contributed by atoms with Gasteiger partial charge in [0.1, 0.15) is 12.4 Å². The lowest BCUT2D eigenvalue weighted by Gasteiger charge is -2.13. The van der Waals surface area contributed by atoms with Crippen LogP contribution in [0.5, 0.6) is 5.75 Å². The van der Waals surface area contributed by atoms with Crippen LogP contribution in [0.4, 0.5) is 10.5 Å². The lowest BCUT2D eigenvalue weighted by atomic mass is 10.1. The number of hydrogen-bond donors (Lipinski definition) is 3. The Morgan fingerprint density at radius 2 is 1.63 bits per heavy atom. The molecule has 0 fully saturated rings. The minimum Gasteiger partial charge on any atom is -0.492 e. The number of carbonyl (C=O) groups is 2. The number of amides is 3. The Morgan fingerprint density at radius 3 is 2.26 bits per heavy atom. The molecule has 0 aliphatic heterocycles. The lowest BCUT2D eigenvalue weighted by Crippen LogP contribution is -2.41. The highest BCUT2D eigenvalue weighted by Crippen LogP contribution is 2.21. The number of carbonyl (C=O) groups excluding carboxylic acids is 2. The van der Waals surface area contributed by atoms with E-state index in [0.717, 1.165) is 22.4 Å². The van der Waals surface area contributed by atoms with E-state index >= 15 is 0 Å². The average molecular weight is 390 g/mol. The zero-order valence-corrected chi connectivity index (χ0v) is 16.4. The first-order chi connectivity index (χ1) is 12.8. The van der Waals surface area contributed by atoms with Gasteiger partial charge < -0.3 is 20.7 Å². The third-order valence-corrected chi connectivity index (χ3v) is 4.07. The zero-order chi connectivity index (χ0) is 19.8. The third kappa shape index (κ3) is 6.83. The monoisotopic (exact) mass is 389 g/mol. The van der Waals surface area contributed by atoms with E-state index < -0.39 is 6.03 Å². The Balaban J connectivity index is 1.67. The van der Waals surface area contributed by atoms with Gasteiger partial charge in [-0.25, -0.2) is 4.79 Å².